The van der Waals surface area contributed by atoms with Gasteiger partial charge in [0.1, 0.15) is 5.78 Å². The van der Waals surface area contributed by atoms with E-state index in [0.717, 1.165) is 12.8 Å². The highest BCUT2D eigenvalue weighted by atomic mass is 16.1. The van der Waals surface area contributed by atoms with Gasteiger partial charge in [-0.15, -0.1) is 0 Å². The van der Waals surface area contributed by atoms with Crippen molar-refractivity contribution < 1.29 is 4.79 Å². The van der Waals surface area contributed by atoms with Gasteiger partial charge in [0.25, 0.3) is 0 Å². The third kappa shape index (κ3) is 7.04. The maximum atomic E-state index is 12.5. The Kier molecular flexibility index (Phi) is 10.1. The summed E-state index contributed by atoms with van der Waals surface area (Å²) in [5, 5.41) is 0. The third-order valence-electron chi connectivity index (χ3n) is 6.82. The van der Waals surface area contributed by atoms with Crippen LogP contribution >= 0.6 is 0 Å². The van der Waals surface area contributed by atoms with Crippen LogP contribution in [-0.2, 0) is 4.79 Å². The summed E-state index contributed by atoms with van der Waals surface area (Å²) in [5.74, 6) is 0.947. The van der Waals surface area contributed by atoms with Gasteiger partial charge >= 0.3 is 0 Å². The summed E-state index contributed by atoms with van der Waals surface area (Å²) in [7, 11) is 2.29. The largest absolute Gasteiger partial charge is 0.299 e. The Morgan fingerprint density at radius 1 is 0.840 bits per heavy atom. The van der Waals surface area contributed by atoms with E-state index in [1.165, 1.54) is 96.3 Å². The minimum atomic E-state index is 0.368. The predicted molar refractivity (Wildman–Crippen MR) is 108 cm³/mol. The van der Waals surface area contributed by atoms with Crippen LogP contribution in [0.1, 0.15) is 116 Å². The molecule has 3 atom stereocenters. The van der Waals surface area contributed by atoms with Crippen LogP contribution in [0.2, 0.25) is 0 Å². The van der Waals surface area contributed by atoms with Crippen molar-refractivity contribution in [1.29, 1.82) is 0 Å². The van der Waals surface area contributed by atoms with Gasteiger partial charge in [-0.25, -0.2) is 0 Å². The number of piperidine rings is 1. The molecule has 1 heterocycles. The Balaban J connectivity index is 1.50. The standard InChI is InChI=1S/C23H43NO/c1-3-4-5-6-7-8-9-10-11-12-13-16-20-19-23(25)21-17-14-15-18-22(21)24(20)2/h20-22H,3-19H2,1-2H3/t20-,21-,22+/m1/s1. The predicted octanol–water partition coefficient (Wildman–Crippen LogP) is 6.52. The lowest BCUT2D eigenvalue weighted by Gasteiger charge is -2.46. The Morgan fingerprint density at radius 2 is 1.40 bits per heavy atom. The van der Waals surface area contributed by atoms with Crippen LogP contribution in [0.4, 0.5) is 0 Å². The summed E-state index contributed by atoms with van der Waals surface area (Å²) in [6.45, 7) is 2.29. The second-order valence-corrected chi connectivity index (χ2v) is 8.77. The Bertz CT molecular complexity index is 367. The van der Waals surface area contributed by atoms with Gasteiger partial charge in [-0.05, 0) is 26.3 Å². The molecule has 0 aromatic heterocycles. The third-order valence-corrected chi connectivity index (χ3v) is 6.82. The molecule has 2 nitrogen and oxygen atoms in total. The van der Waals surface area contributed by atoms with Gasteiger partial charge < -0.3 is 0 Å². The van der Waals surface area contributed by atoms with Gasteiger partial charge in [-0.1, -0.05) is 90.4 Å². The van der Waals surface area contributed by atoms with Crippen LogP contribution in [0.5, 0.6) is 0 Å². The Hall–Kier alpha value is -0.370. The van der Waals surface area contributed by atoms with Gasteiger partial charge in [-0.2, -0.15) is 0 Å². The summed E-state index contributed by atoms with van der Waals surface area (Å²) in [4.78, 5) is 15.0. The molecule has 0 N–H and O–H groups in total. The van der Waals surface area contributed by atoms with Crippen LogP contribution in [-0.4, -0.2) is 29.8 Å². The van der Waals surface area contributed by atoms with Crippen molar-refractivity contribution in [2.45, 2.75) is 128 Å². The van der Waals surface area contributed by atoms with E-state index in [9.17, 15) is 4.79 Å². The zero-order valence-corrected chi connectivity index (χ0v) is 17.1. The normalized spacial score (nSPS) is 27.4. The lowest BCUT2D eigenvalue weighted by Crippen LogP contribution is -2.53. The van der Waals surface area contributed by atoms with Crippen LogP contribution in [0.25, 0.3) is 0 Å². The van der Waals surface area contributed by atoms with Gasteiger partial charge in [-0.3, -0.25) is 9.69 Å². The number of ketones is 1. The lowest BCUT2D eigenvalue weighted by molar-refractivity contribution is -0.133. The van der Waals surface area contributed by atoms with Crippen LogP contribution in [0.15, 0.2) is 0 Å². The average molecular weight is 350 g/mol. The van der Waals surface area contributed by atoms with Gasteiger partial charge in [0.2, 0.25) is 0 Å². The minimum Gasteiger partial charge on any atom is -0.299 e. The van der Waals surface area contributed by atoms with Crippen molar-refractivity contribution in [3.8, 4) is 0 Å². The first kappa shape index (κ1) is 20.9. The fourth-order valence-corrected chi connectivity index (χ4v) is 5.12. The van der Waals surface area contributed by atoms with Crippen molar-refractivity contribution in [3.05, 3.63) is 0 Å². The molecule has 0 bridgehead atoms. The van der Waals surface area contributed by atoms with Crippen LogP contribution in [0, 0.1) is 5.92 Å². The van der Waals surface area contributed by atoms with E-state index in [2.05, 4.69) is 18.9 Å². The van der Waals surface area contributed by atoms with Crippen molar-refractivity contribution in [2.75, 3.05) is 7.05 Å². The zero-order chi connectivity index (χ0) is 17.9. The van der Waals surface area contributed by atoms with E-state index in [-0.39, 0.29) is 0 Å². The van der Waals surface area contributed by atoms with E-state index in [4.69, 9.17) is 0 Å². The highest BCUT2D eigenvalue weighted by molar-refractivity contribution is 5.83. The van der Waals surface area contributed by atoms with Crippen molar-refractivity contribution >= 4 is 5.78 Å². The van der Waals surface area contributed by atoms with Crippen LogP contribution in [0.3, 0.4) is 0 Å². The van der Waals surface area contributed by atoms with E-state index in [1.807, 2.05) is 0 Å². The molecule has 0 aromatic rings. The average Bonchev–Trinajstić information content (AvgIpc) is 2.63. The summed E-state index contributed by atoms with van der Waals surface area (Å²) in [5.41, 5.74) is 0. The molecule has 2 aliphatic rings. The summed E-state index contributed by atoms with van der Waals surface area (Å²) in [6.07, 6.45) is 22.5. The highest BCUT2D eigenvalue weighted by Crippen LogP contribution is 2.36. The lowest BCUT2D eigenvalue weighted by atomic mass is 9.75. The second kappa shape index (κ2) is 12.1. The molecule has 2 heteroatoms. The molecular weight excluding hydrogens is 306 g/mol. The summed E-state index contributed by atoms with van der Waals surface area (Å²) in [6, 6.07) is 1.10. The first-order valence-electron chi connectivity index (χ1n) is 11.5. The van der Waals surface area contributed by atoms with Crippen molar-refractivity contribution in [1.82, 2.24) is 4.90 Å². The number of hydrogen-bond donors (Lipinski definition) is 0. The number of hydrogen-bond acceptors (Lipinski definition) is 2. The fourth-order valence-electron chi connectivity index (χ4n) is 5.12. The Labute approximate surface area is 157 Å². The molecule has 0 aromatic carbocycles. The first-order chi connectivity index (χ1) is 12.2. The molecule has 0 amide bonds. The molecule has 1 aliphatic carbocycles. The topological polar surface area (TPSA) is 20.3 Å². The highest BCUT2D eigenvalue weighted by Gasteiger charge is 2.40. The summed E-state index contributed by atoms with van der Waals surface area (Å²) < 4.78 is 0. The minimum absolute atomic E-state index is 0.368. The second-order valence-electron chi connectivity index (χ2n) is 8.77. The molecule has 2 rings (SSSR count). The molecule has 0 radical (unpaired) electrons. The number of carbonyl (C=O) groups excluding carboxylic acids is 1. The number of unbranched alkanes of at least 4 members (excludes halogenated alkanes) is 10. The number of carbonyl (C=O) groups is 1. The number of rotatable bonds is 12. The maximum Gasteiger partial charge on any atom is 0.139 e. The smallest absolute Gasteiger partial charge is 0.139 e. The number of fused-ring (bicyclic) bond motifs is 1. The molecule has 1 saturated carbocycles. The van der Waals surface area contributed by atoms with Gasteiger partial charge in [0.05, 0.1) is 0 Å². The number of Topliss-reactive ketones (excluding diaryl/α,β-unsaturated/α-hetero) is 1. The van der Waals surface area contributed by atoms with Gasteiger partial charge in [0, 0.05) is 24.4 Å². The zero-order valence-electron chi connectivity index (χ0n) is 17.1. The van der Waals surface area contributed by atoms with Crippen LogP contribution < -0.4 is 0 Å². The quantitative estimate of drug-likeness (QED) is 0.374. The molecule has 0 unspecified atom stereocenters. The van der Waals surface area contributed by atoms with E-state index in [1.54, 1.807) is 0 Å². The molecule has 1 saturated heterocycles. The number of nitrogens with zero attached hydrogens (tertiary/aromatic N) is 1. The molecule has 25 heavy (non-hydrogen) atoms. The monoisotopic (exact) mass is 349 g/mol. The van der Waals surface area contributed by atoms with Gasteiger partial charge in [0.15, 0.2) is 0 Å². The van der Waals surface area contributed by atoms with Crippen molar-refractivity contribution in [2.24, 2.45) is 5.92 Å². The fraction of sp³-hybridized carbons (Fsp3) is 0.957. The van der Waals surface area contributed by atoms with Crippen molar-refractivity contribution in [3.63, 3.8) is 0 Å². The van der Waals surface area contributed by atoms with E-state index >= 15 is 0 Å². The maximum absolute atomic E-state index is 12.5. The summed E-state index contributed by atoms with van der Waals surface area (Å²) >= 11 is 0. The molecule has 0 spiro atoms. The molecular formula is C23H43NO. The number of likely N-dealkylation sites (tertiary alicyclic amines) is 1. The molecule has 1 aliphatic heterocycles. The first-order valence-corrected chi connectivity index (χ1v) is 11.5. The SMILES string of the molecule is CCCCCCCCCCCCC[C@@H]1CC(=O)[C@@H]2CCCC[C@@H]2N1C. The molecule has 146 valence electrons. The Morgan fingerprint density at radius 3 is 2.04 bits per heavy atom. The van der Waals surface area contributed by atoms with E-state index < -0.39 is 0 Å². The van der Waals surface area contributed by atoms with E-state index in [0.29, 0.717) is 23.8 Å². The molecule has 2 fully saturated rings.